The molecule has 1 aromatic carbocycles. The molecule has 1 heterocycles. The van der Waals surface area contributed by atoms with E-state index < -0.39 is 12.1 Å². The lowest BCUT2D eigenvalue weighted by Gasteiger charge is -2.32. The highest BCUT2D eigenvalue weighted by atomic mass is 16.4. The smallest absolute Gasteiger partial charge is 0.337 e. The van der Waals surface area contributed by atoms with Gasteiger partial charge in [-0.15, -0.1) is 0 Å². The third kappa shape index (κ3) is 2.91. The van der Waals surface area contributed by atoms with Crippen molar-refractivity contribution in [2.24, 2.45) is 0 Å². The molecular formula is C13H16N2O4. The van der Waals surface area contributed by atoms with Gasteiger partial charge in [0, 0.05) is 18.8 Å². The summed E-state index contributed by atoms with van der Waals surface area (Å²) in [5, 5.41) is 18.1. The van der Waals surface area contributed by atoms with Gasteiger partial charge in [-0.1, -0.05) is 12.1 Å². The molecule has 6 nitrogen and oxygen atoms in total. The molecule has 0 saturated carbocycles. The monoisotopic (exact) mass is 264 g/mol. The fourth-order valence-corrected chi connectivity index (χ4v) is 2.04. The number of carboxylic acid groups (broad SMARTS) is 1. The molecule has 1 amide bonds. The average molecular weight is 264 g/mol. The van der Waals surface area contributed by atoms with E-state index in [4.69, 9.17) is 5.11 Å². The number of aliphatic hydroxyl groups excluding tert-OH is 1. The molecule has 1 saturated heterocycles. The minimum Gasteiger partial charge on any atom is -0.479 e. The van der Waals surface area contributed by atoms with Gasteiger partial charge in [-0.3, -0.25) is 9.69 Å². The zero-order chi connectivity index (χ0) is 14.0. The van der Waals surface area contributed by atoms with E-state index in [0.29, 0.717) is 18.7 Å². The van der Waals surface area contributed by atoms with Gasteiger partial charge in [-0.25, -0.2) is 4.79 Å². The lowest BCUT2D eigenvalue weighted by molar-refractivity contribution is -0.147. The van der Waals surface area contributed by atoms with Gasteiger partial charge < -0.3 is 15.1 Å². The number of carbonyl (C=O) groups excluding carboxylic acids is 1. The maximum Gasteiger partial charge on any atom is 0.337 e. The second-order valence-electron chi connectivity index (χ2n) is 4.62. The maximum absolute atomic E-state index is 11.9. The van der Waals surface area contributed by atoms with Crippen LogP contribution in [0.4, 0.5) is 5.69 Å². The largest absolute Gasteiger partial charge is 0.479 e. The van der Waals surface area contributed by atoms with Crippen LogP contribution in [0.3, 0.4) is 0 Å². The molecule has 1 atom stereocenters. The molecule has 1 aromatic rings. The number of likely N-dealkylation sites (N-methyl/N-ethyl adjacent to an activating group) is 1. The van der Waals surface area contributed by atoms with E-state index in [1.165, 1.54) is 12.1 Å². The van der Waals surface area contributed by atoms with Crippen LogP contribution in [0.2, 0.25) is 0 Å². The number of aliphatic carboxylic acids is 1. The van der Waals surface area contributed by atoms with Crippen molar-refractivity contribution in [3.8, 4) is 0 Å². The summed E-state index contributed by atoms with van der Waals surface area (Å²) in [5.74, 6) is -1.27. The number of piperazine rings is 1. The van der Waals surface area contributed by atoms with Crippen LogP contribution in [0.1, 0.15) is 11.7 Å². The molecule has 1 unspecified atom stereocenters. The van der Waals surface area contributed by atoms with E-state index in [-0.39, 0.29) is 5.91 Å². The van der Waals surface area contributed by atoms with Crippen molar-refractivity contribution in [1.29, 1.82) is 0 Å². The standard InChI is InChI=1S/C13H16N2O4/c1-14-6-7-15(11(16)8-14)10-4-2-9(3-5-10)12(17)13(18)19/h2-5,12,17H,6-8H2,1H3,(H,18,19). The lowest BCUT2D eigenvalue weighted by atomic mass is 10.1. The third-order valence-electron chi connectivity index (χ3n) is 3.17. The number of nitrogens with zero attached hydrogens (tertiary/aromatic N) is 2. The quantitative estimate of drug-likeness (QED) is 0.808. The van der Waals surface area contributed by atoms with Crippen LogP contribution >= 0.6 is 0 Å². The first kappa shape index (κ1) is 13.5. The number of carboxylic acids is 1. The van der Waals surface area contributed by atoms with Crippen molar-refractivity contribution >= 4 is 17.6 Å². The summed E-state index contributed by atoms with van der Waals surface area (Å²) in [6.45, 7) is 1.78. The van der Waals surface area contributed by atoms with E-state index in [0.717, 1.165) is 12.2 Å². The van der Waals surface area contributed by atoms with E-state index in [1.807, 2.05) is 11.9 Å². The summed E-state index contributed by atoms with van der Waals surface area (Å²) in [7, 11) is 1.89. The Morgan fingerprint density at radius 2 is 1.89 bits per heavy atom. The zero-order valence-corrected chi connectivity index (χ0v) is 10.6. The molecule has 0 bridgehead atoms. The first-order valence-corrected chi connectivity index (χ1v) is 5.99. The molecular weight excluding hydrogens is 248 g/mol. The van der Waals surface area contributed by atoms with Crippen LogP contribution in [0.5, 0.6) is 0 Å². The third-order valence-corrected chi connectivity index (χ3v) is 3.17. The van der Waals surface area contributed by atoms with E-state index >= 15 is 0 Å². The van der Waals surface area contributed by atoms with Crippen molar-refractivity contribution < 1.29 is 19.8 Å². The normalized spacial score (nSPS) is 18.4. The number of rotatable bonds is 3. The molecule has 19 heavy (non-hydrogen) atoms. The number of amides is 1. The first-order chi connectivity index (χ1) is 8.99. The van der Waals surface area contributed by atoms with E-state index in [9.17, 15) is 14.7 Å². The van der Waals surface area contributed by atoms with Crippen molar-refractivity contribution in [3.05, 3.63) is 29.8 Å². The number of aliphatic hydroxyl groups is 1. The number of carbonyl (C=O) groups is 2. The first-order valence-electron chi connectivity index (χ1n) is 5.99. The van der Waals surface area contributed by atoms with Crippen molar-refractivity contribution in [2.75, 3.05) is 31.6 Å². The Kier molecular flexibility index (Phi) is 3.82. The second kappa shape index (κ2) is 5.38. The highest BCUT2D eigenvalue weighted by Gasteiger charge is 2.23. The van der Waals surface area contributed by atoms with Gasteiger partial charge in [-0.2, -0.15) is 0 Å². The Morgan fingerprint density at radius 3 is 2.42 bits per heavy atom. The van der Waals surface area contributed by atoms with Gasteiger partial charge in [-0.05, 0) is 24.7 Å². The minimum absolute atomic E-state index is 0.0142. The number of hydrogen-bond acceptors (Lipinski definition) is 4. The molecule has 2 rings (SSSR count). The van der Waals surface area contributed by atoms with Crippen molar-refractivity contribution in [3.63, 3.8) is 0 Å². The molecule has 0 spiro atoms. The molecule has 1 aliphatic heterocycles. The maximum atomic E-state index is 11.9. The topological polar surface area (TPSA) is 81.1 Å². The Hall–Kier alpha value is -1.92. The van der Waals surface area contributed by atoms with Crippen LogP contribution in [-0.2, 0) is 9.59 Å². The van der Waals surface area contributed by atoms with Crippen LogP contribution in [0, 0.1) is 0 Å². The molecule has 0 radical (unpaired) electrons. The molecule has 0 aliphatic carbocycles. The lowest BCUT2D eigenvalue weighted by Crippen LogP contribution is -2.48. The molecule has 6 heteroatoms. The summed E-state index contributed by atoms with van der Waals surface area (Å²) in [6, 6.07) is 6.37. The SMILES string of the molecule is CN1CCN(c2ccc(C(O)C(=O)O)cc2)C(=O)C1. The summed E-state index contributed by atoms with van der Waals surface area (Å²) in [5.41, 5.74) is 1.03. The van der Waals surface area contributed by atoms with Gasteiger partial charge in [0.15, 0.2) is 6.10 Å². The van der Waals surface area contributed by atoms with Crippen molar-refractivity contribution in [1.82, 2.24) is 4.90 Å². The molecule has 1 aliphatic rings. The number of anilines is 1. The highest BCUT2D eigenvalue weighted by molar-refractivity contribution is 5.95. The number of benzene rings is 1. The van der Waals surface area contributed by atoms with Crippen LogP contribution < -0.4 is 4.90 Å². The molecule has 2 N–H and O–H groups in total. The Morgan fingerprint density at radius 1 is 1.26 bits per heavy atom. The van der Waals surface area contributed by atoms with Crippen molar-refractivity contribution in [2.45, 2.75) is 6.10 Å². The molecule has 102 valence electrons. The van der Waals surface area contributed by atoms with Gasteiger partial charge in [0.25, 0.3) is 0 Å². The van der Waals surface area contributed by atoms with Crippen LogP contribution in [0.25, 0.3) is 0 Å². The van der Waals surface area contributed by atoms with Gasteiger partial charge in [0.2, 0.25) is 5.91 Å². The predicted octanol–water partition coefficient (Wildman–Crippen LogP) is 0.0830. The van der Waals surface area contributed by atoms with Crippen LogP contribution in [0.15, 0.2) is 24.3 Å². The van der Waals surface area contributed by atoms with Gasteiger partial charge >= 0.3 is 5.97 Å². The summed E-state index contributed by atoms with van der Waals surface area (Å²) in [6.07, 6.45) is -1.53. The highest BCUT2D eigenvalue weighted by Crippen LogP contribution is 2.21. The minimum atomic E-state index is -1.53. The number of hydrogen-bond donors (Lipinski definition) is 2. The summed E-state index contributed by atoms with van der Waals surface area (Å²) in [4.78, 5) is 26.1. The van der Waals surface area contributed by atoms with E-state index in [2.05, 4.69) is 0 Å². The summed E-state index contributed by atoms with van der Waals surface area (Å²) < 4.78 is 0. The predicted molar refractivity (Wildman–Crippen MR) is 68.9 cm³/mol. The van der Waals surface area contributed by atoms with Gasteiger partial charge in [0.05, 0.1) is 6.54 Å². The van der Waals surface area contributed by atoms with Gasteiger partial charge in [0.1, 0.15) is 0 Å². The molecule has 0 aromatic heterocycles. The second-order valence-corrected chi connectivity index (χ2v) is 4.62. The van der Waals surface area contributed by atoms with E-state index in [1.54, 1.807) is 17.0 Å². The fourth-order valence-electron chi connectivity index (χ4n) is 2.04. The Labute approximate surface area is 110 Å². The Bertz CT molecular complexity index is 486. The Balaban J connectivity index is 2.14. The average Bonchev–Trinajstić information content (AvgIpc) is 2.38. The molecule has 1 fully saturated rings. The fraction of sp³-hybridized carbons (Fsp3) is 0.385. The zero-order valence-electron chi connectivity index (χ0n) is 10.6. The summed E-state index contributed by atoms with van der Waals surface area (Å²) >= 11 is 0. The van der Waals surface area contributed by atoms with Crippen LogP contribution in [-0.4, -0.2) is 53.7 Å².